The normalized spacial score (nSPS) is 31.5. The van der Waals surface area contributed by atoms with Crippen molar-refractivity contribution >= 4 is 23.7 Å². The molecule has 2 rings (SSSR count). The van der Waals surface area contributed by atoms with Gasteiger partial charge in [-0.2, -0.15) is 0 Å². The minimum Gasteiger partial charge on any atom is -0.370 e. The minimum absolute atomic E-state index is 0.254. The summed E-state index contributed by atoms with van der Waals surface area (Å²) in [7, 11) is 0. The first-order valence-corrected chi connectivity index (χ1v) is 4.39. The zero-order chi connectivity index (χ0) is 9.42. The molecule has 0 spiro atoms. The highest BCUT2D eigenvalue weighted by Crippen LogP contribution is 2.24. The number of nitrogens with zero attached hydrogens (tertiary/aromatic N) is 3. The zero-order valence-corrected chi connectivity index (χ0v) is 7.70. The van der Waals surface area contributed by atoms with Crippen molar-refractivity contribution < 1.29 is 0 Å². The minimum atomic E-state index is -0.652. The zero-order valence-electron chi connectivity index (χ0n) is 6.94. The molecule has 1 fully saturated rings. The van der Waals surface area contributed by atoms with Gasteiger partial charge in [0, 0.05) is 11.8 Å². The molecule has 0 amide bonds. The monoisotopic (exact) mass is 202 g/mol. The Morgan fingerprint density at radius 2 is 2.31 bits per heavy atom. The molecular weight excluding hydrogens is 192 g/mol. The molecule has 0 radical (unpaired) electrons. The summed E-state index contributed by atoms with van der Waals surface area (Å²) in [6.07, 6.45) is 1.55. The average Bonchev–Trinajstić information content (AvgIpc) is 2.83. The fraction of sp³-hybridized carbons (Fsp3) is 0.667. The van der Waals surface area contributed by atoms with Crippen molar-refractivity contribution in [3.05, 3.63) is 0 Å². The number of guanidine groups is 2. The first-order chi connectivity index (χ1) is 6.16. The maximum atomic E-state index is 5.82. The summed E-state index contributed by atoms with van der Waals surface area (Å²) in [5.41, 5.74) is 11.0. The number of hydrogen-bond acceptors (Lipinski definition) is 4. The second-order valence-corrected chi connectivity index (χ2v) is 3.41. The third-order valence-electron chi connectivity index (χ3n) is 1.80. The summed E-state index contributed by atoms with van der Waals surface area (Å²) >= 11 is 5.82. The lowest BCUT2D eigenvalue weighted by Gasteiger charge is -2.26. The van der Waals surface area contributed by atoms with E-state index in [1.54, 1.807) is 0 Å². The van der Waals surface area contributed by atoms with Gasteiger partial charge in [0.25, 0.3) is 0 Å². The standard InChI is InChI=1S/C6H11ClN6/c7-13-5(9)11-4(8)12-6(13)10-3-1-2-3/h3,5H,1-2,9H2,(H3,8,10,11,12). The molecule has 1 heterocycles. The Balaban J connectivity index is 2.15. The number of nitrogens with two attached hydrogens (primary N) is 2. The van der Waals surface area contributed by atoms with Gasteiger partial charge in [-0.1, -0.05) is 0 Å². The van der Waals surface area contributed by atoms with Crippen LogP contribution in [-0.2, 0) is 0 Å². The van der Waals surface area contributed by atoms with Crippen LogP contribution in [0.4, 0.5) is 0 Å². The van der Waals surface area contributed by atoms with E-state index in [1.165, 1.54) is 4.42 Å². The summed E-state index contributed by atoms with van der Waals surface area (Å²) in [6, 6.07) is 0.363. The van der Waals surface area contributed by atoms with Crippen molar-refractivity contribution in [3.63, 3.8) is 0 Å². The van der Waals surface area contributed by atoms with Gasteiger partial charge in [-0.15, -0.1) is 0 Å². The topological polar surface area (TPSA) is 92.0 Å². The van der Waals surface area contributed by atoms with Crippen LogP contribution in [0.25, 0.3) is 0 Å². The highest BCUT2D eigenvalue weighted by molar-refractivity contribution is 6.24. The Bertz CT molecular complexity index is 270. The molecule has 0 bridgehead atoms. The van der Waals surface area contributed by atoms with Crippen LogP contribution in [0.1, 0.15) is 12.8 Å². The first kappa shape index (κ1) is 8.58. The molecule has 0 aromatic heterocycles. The lowest BCUT2D eigenvalue weighted by molar-refractivity contribution is 0.468. The number of hydrogen-bond donors (Lipinski definition) is 3. The van der Waals surface area contributed by atoms with Gasteiger partial charge >= 0.3 is 0 Å². The van der Waals surface area contributed by atoms with Gasteiger partial charge in [0.1, 0.15) is 0 Å². The molecule has 0 aromatic carbocycles. The van der Waals surface area contributed by atoms with Gasteiger partial charge in [0.15, 0.2) is 12.2 Å². The molecule has 1 aliphatic carbocycles. The molecule has 0 saturated heterocycles. The molecule has 1 atom stereocenters. The summed E-state index contributed by atoms with van der Waals surface area (Å²) < 4.78 is 1.24. The van der Waals surface area contributed by atoms with E-state index in [-0.39, 0.29) is 5.96 Å². The summed E-state index contributed by atoms with van der Waals surface area (Å²) in [5.74, 6) is 0.743. The Hall–Kier alpha value is -1.01. The van der Waals surface area contributed by atoms with Crippen LogP contribution in [0, 0.1) is 0 Å². The number of halogens is 1. The van der Waals surface area contributed by atoms with Gasteiger partial charge in [0.2, 0.25) is 5.96 Å². The van der Waals surface area contributed by atoms with E-state index >= 15 is 0 Å². The van der Waals surface area contributed by atoms with Crippen LogP contribution in [-0.4, -0.2) is 28.7 Å². The Morgan fingerprint density at radius 1 is 1.62 bits per heavy atom. The van der Waals surface area contributed by atoms with Crippen LogP contribution in [0.3, 0.4) is 0 Å². The van der Waals surface area contributed by atoms with Gasteiger partial charge in [-0.25, -0.2) is 14.4 Å². The molecule has 0 aromatic rings. The number of rotatable bonds is 1. The van der Waals surface area contributed by atoms with Crippen LogP contribution >= 0.6 is 11.8 Å². The first-order valence-electron chi connectivity index (χ1n) is 4.05. The maximum absolute atomic E-state index is 5.82. The van der Waals surface area contributed by atoms with Gasteiger partial charge in [0.05, 0.1) is 6.04 Å². The van der Waals surface area contributed by atoms with Crippen LogP contribution in [0.2, 0.25) is 0 Å². The molecule has 1 unspecified atom stereocenters. The fourth-order valence-electron chi connectivity index (χ4n) is 0.983. The largest absolute Gasteiger partial charge is 0.370 e. The predicted molar refractivity (Wildman–Crippen MR) is 50.9 cm³/mol. The molecule has 7 heteroatoms. The quantitative estimate of drug-likeness (QED) is 0.482. The molecular formula is C6H11ClN6. The van der Waals surface area contributed by atoms with Crippen molar-refractivity contribution in [1.29, 1.82) is 0 Å². The van der Waals surface area contributed by atoms with Gasteiger partial charge < -0.3 is 5.73 Å². The maximum Gasteiger partial charge on any atom is 0.219 e. The molecule has 1 saturated carbocycles. The highest BCUT2D eigenvalue weighted by Gasteiger charge is 2.27. The lowest BCUT2D eigenvalue weighted by Crippen LogP contribution is -2.55. The Labute approximate surface area is 80.7 Å². The number of aliphatic imine (C=N–C) groups is 2. The molecule has 5 N–H and O–H groups in total. The fourth-order valence-corrected chi connectivity index (χ4v) is 1.11. The molecule has 72 valence electrons. The van der Waals surface area contributed by atoms with Crippen LogP contribution < -0.4 is 16.8 Å². The predicted octanol–water partition coefficient (Wildman–Crippen LogP) is -0.879. The Morgan fingerprint density at radius 3 is 2.92 bits per heavy atom. The average molecular weight is 203 g/mol. The SMILES string of the molecule is NC1=NC(N)N(Cl)C(=NC2CC2)N1. The van der Waals surface area contributed by atoms with E-state index in [9.17, 15) is 0 Å². The molecule has 13 heavy (non-hydrogen) atoms. The van der Waals surface area contributed by atoms with E-state index in [2.05, 4.69) is 15.3 Å². The summed E-state index contributed by atoms with van der Waals surface area (Å²) in [4.78, 5) is 8.10. The third kappa shape index (κ3) is 1.84. The second-order valence-electron chi connectivity index (χ2n) is 3.05. The third-order valence-corrected chi connectivity index (χ3v) is 2.16. The smallest absolute Gasteiger partial charge is 0.219 e. The second kappa shape index (κ2) is 3.04. The lowest BCUT2D eigenvalue weighted by atomic mass is 10.6. The van der Waals surface area contributed by atoms with Crippen molar-refractivity contribution in [2.75, 3.05) is 0 Å². The van der Waals surface area contributed by atoms with Crippen molar-refractivity contribution in [1.82, 2.24) is 9.74 Å². The van der Waals surface area contributed by atoms with Crippen LogP contribution in [0.5, 0.6) is 0 Å². The van der Waals surface area contributed by atoms with E-state index in [4.69, 9.17) is 23.2 Å². The van der Waals surface area contributed by atoms with Crippen LogP contribution in [0.15, 0.2) is 9.98 Å². The molecule has 1 aliphatic heterocycles. The summed E-state index contributed by atoms with van der Waals surface area (Å²) in [5, 5.41) is 2.76. The van der Waals surface area contributed by atoms with E-state index < -0.39 is 6.29 Å². The molecule has 2 aliphatic rings. The highest BCUT2D eigenvalue weighted by atomic mass is 35.5. The molecule has 6 nitrogen and oxygen atoms in total. The van der Waals surface area contributed by atoms with Crippen molar-refractivity contribution in [2.24, 2.45) is 21.5 Å². The van der Waals surface area contributed by atoms with Gasteiger partial charge in [-0.3, -0.25) is 11.1 Å². The van der Waals surface area contributed by atoms with Crippen molar-refractivity contribution in [3.8, 4) is 0 Å². The number of nitrogens with one attached hydrogen (secondary N) is 1. The van der Waals surface area contributed by atoms with E-state index in [1.807, 2.05) is 0 Å². The van der Waals surface area contributed by atoms with Crippen molar-refractivity contribution in [2.45, 2.75) is 25.2 Å². The van der Waals surface area contributed by atoms with E-state index in [0.29, 0.717) is 12.0 Å². The summed E-state index contributed by atoms with van der Waals surface area (Å²) in [6.45, 7) is 0. The van der Waals surface area contributed by atoms with Gasteiger partial charge in [-0.05, 0) is 12.8 Å². The van der Waals surface area contributed by atoms with E-state index in [0.717, 1.165) is 12.8 Å². The Kier molecular flexibility index (Phi) is 2.01.